The van der Waals surface area contributed by atoms with Crippen LogP contribution in [0.25, 0.3) is 0 Å². The van der Waals surface area contributed by atoms with E-state index in [0.29, 0.717) is 29.9 Å². The number of fused-ring (bicyclic) bond motifs is 1. The molecule has 1 N–H and O–H groups in total. The fourth-order valence-corrected chi connectivity index (χ4v) is 3.65. The van der Waals surface area contributed by atoms with E-state index in [1.54, 1.807) is 6.33 Å². The molecule has 2 aliphatic rings. The predicted octanol–water partition coefficient (Wildman–Crippen LogP) is 3.48. The molecule has 0 spiro atoms. The number of nitrogens with one attached hydrogen (secondary N) is 1. The molecule has 0 unspecified atom stereocenters. The van der Waals surface area contributed by atoms with Crippen molar-refractivity contribution in [1.82, 2.24) is 14.9 Å². The minimum absolute atomic E-state index is 0.0466. The van der Waals surface area contributed by atoms with Crippen LogP contribution in [0.5, 0.6) is 0 Å². The molecule has 0 radical (unpaired) electrons. The number of ether oxygens (including phenoxy) is 1. The summed E-state index contributed by atoms with van der Waals surface area (Å²) in [5.41, 5.74) is 2.43. The summed E-state index contributed by atoms with van der Waals surface area (Å²) in [7, 11) is 0. The highest BCUT2D eigenvalue weighted by atomic mass is 35.5. The van der Waals surface area contributed by atoms with Crippen LogP contribution in [0.1, 0.15) is 53.5 Å². The zero-order valence-electron chi connectivity index (χ0n) is 13.4. The average molecular weight is 346 g/mol. The van der Waals surface area contributed by atoms with Gasteiger partial charge in [-0.05, 0) is 30.5 Å². The summed E-state index contributed by atoms with van der Waals surface area (Å²) in [6.07, 6.45) is 6.21. The van der Waals surface area contributed by atoms with Crippen LogP contribution in [-0.4, -0.2) is 21.5 Å². The first kappa shape index (κ1) is 15.7. The molecule has 1 aliphatic carbocycles. The Balaban J connectivity index is 1.48. The first-order valence-electron chi connectivity index (χ1n) is 8.42. The summed E-state index contributed by atoms with van der Waals surface area (Å²) in [6.45, 7) is 1.04. The van der Waals surface area contributed by atoms with Gasteiger partial charge in [0.05, 0.1) is 25.2 Å². The molecule has 4 rings (SSSR count). The number of hydrogen-bond donors (Lipinski definition) is 1. The fraction of sp³-hybridized carbons (Fsp3) is 0.444. The molecule has 1 fully saturated rings. The number of nitrogens with zero attached hydrogens (tertiary/aromatic N) is 2. The second-order valence-corrected chi connectivity index (χ2v) is 6.93. The van der Waals surface area contributed by atoms with E-state index in [2.05, 4.69) is 10.3 Å². The van der Waals surface area contributed by atoms with Crippen LogP contribution < -0.4 is 5.32 Å². The number of halogens is 1. The van der Waals surface area contributed by atoms with E-state index in [1.165, 1.54) is 12.8 Å². The van der Waals surface area contributed by atoms with Gasteiger partial charge in [0.1, 0.15) is 6.10 Å². The number of aromatic nitrogens is 2. The molecule has 2 aromatic rings. The van der Waals surface area contributed by atoms with Crippen molar-refractivity contribution in [2.45, 2.75) is 51.0 Å². The average Bonchev–Trinajstić information content (AvgIpc) is 3.24. The number of carbonyl (C=O) groups is 1. The Bertz CT molecular complexity index is 735. The summed E-state index contributed by atoms with van der Waals surface area (Å²) in [4.78, 5) is 16.8. The normalized spacial score (nSPS) is 20.8. The molecule has 1 amide bonds. The molecule has 1 aromatic carbocycles. The van der Waals surface area contributed by atoms with Crippen LogP contribution in [0.3, 0.4) is 0 Å². The van der Waals surface area contributed by atoms with Crippen molar-refractivity contribution in [3.63, 3.8) is 0 Å². The van der Waals surface area contributed by atoms with Gasteiger partial charge in [-0.3, -0.25) is 4.79 Å². The van der Waals surface area contributed by atoms with Crippen molar-refractivity contribution in [2.24, 2.45) is 0 Å². The Hall–Kier alpha value is -1.85. The molecule has 1 saturated carbocycles. The maximum atomic E-state index is 12.5. The molecule has 6 heteroatoms. The lowest BCUT2D eigenvalue weighted by Crippen LogP contribution is -2.34. The summed E-state index contributed by atoms with van der Waals surface area (Å²) in [5.74, 6) is -0.0795. The van der Waals surface area contributed by atoms with Crippen LogP contribution in [0, 0.1) is 0 Å². The molecule has 1 aliphatic heterocycles. The number of rotatable bonds is 3. The van der Waals surface area contributed by atoms with E-state index in [-0.39, 0.29) is 12.0 Å². The maximum Gasteiger partial charge on any atom is 0.272 e. The van der Waals surface area contributed by atoms with Crippen molar-refractivity contribution in [2.75, 3.05) is 0 Å². The van der Waals surface area contributed by atoms with Crippen molar-refractivity contribution in [1.29, 1.82) is 0 Å². The Kier molecular flexibility index (Phi) is 4.29. The topological polar surface area (TPSA) is 56.2 Å². The van der Waals surface area contributed by atoms with Crippen molar-refractivity contribution in [3.05, 3.63) is 52.6 Å². The second-order valence-electron chi connectivity index (χ2n) is 6.50. The third-order valence-electron chi connectivity index (χ3n) is 4.88. The molecule has 0 saturated heterocycles. The Morgan fingerprint density at radius 1 is 1.25 bits per heavy atom. The van der Waals surface area contributed by atoms with E-state index in [1.807, 2.05) is 28.8 Å². The minimum atomic E-state index is -0.0795. The van der Waals surface area contributed by atoms with Crippen LogP contribution in [-0.2, 0) is 17.9 Å². The van der Waals surface area contributed by atoms with Crippen LogP contribution >= 0.6 is 11.6 Å². The highest BCUT2D eigenvalue weighted by molar-refractivity contribution is 6.30. The molecule has 1 atom stereocenters. The smallest absolute Gasteiger partial charge is 0.272 e. The van der Waals surface area contributed by atoms with Gasteiger partial charge in [-0.2, -0.15) is 0 Å². The van der Waals surface area contributed by atoms with Crippen molar-refractivity contribution >= 4 is 17.5 Å². The highest BCUT2D eigenvalue weighted by Crippen LogP contribution is 2.28. The van der Waals surface area contributed by atoms with Gasteiger partial charge in [-0.25, -0.2) is 4.98 Å². The monoisotopic (exact) mass is 345 g/mol. The maximum absolute atomic E-state index is 12.5. The van der Waals surface area contributed by atoms with E-state index >= 15 is 0 Å². The number of carbonyl (C=O) groups excluding carboxylic acids is 1. The number of benzene rings is 1. The van der Waals surface area contributed by atoms with Crippen molar-refractivity contribution < 1.29 is 9.53 Å². The molecular formula is C18H20ClN3O2. The van der Waals surface area contributed by atoms with Gasteiger partial charge >= 0.3 is 0 Å². The van der Waals surface area contributed by atoms with Crippen LogP contribution in [0.15, 0.2) is 30.6 Å². The Morgan fingerprint density at radius 2 is 2.00 bits per heavy atom. The largest absolute Gasteiger partial charge is 0.365 e. The highest BCUT2D eigenvalue weighted by Gasteiger charge is 2.27. The van der Waals surface area contributed by atoms with Gasteiger partial charge in [0.15, 0.2) is 5.69 Å². The summed E-state index contributed by atoms with van der Waals surface area (Å²) < 4.78 is 7.99. The molecule has 1 aromatic heterocycles. The van der Waals surface area contributed by atoms with Crippen molar-refractivity contribution in [3.8, 4) is 0 Å². The Morgan fingerprint density at radius 3 is 2.75 bits per heavy atom. The van der Waals surface area contributed by atoms with E-state index in [0.717, 1.165) is 24.1 Å². The van der Waals surface area contributed by atoms with Gasteiger partial charge in [-0.15, -0.1) is 0 Å². The molecule has 126 valence electrons. The van der Waals surface area contributed by atoms with Gasteiger partial charge in [0.2, 0.25) is 0 Å². The third-order valence-corrected chi connectivity index (χ3v) is 5.13. The summed E-state index contributed by atoms with van der Waals surface area (Å²) in [6, 6.07) is 7.97. The SMILES string of the molecule is O=C(NC1CCCC1)c1ncn2c1CO[C@H](c1ccc(Cl)cc1)C2. The number of amides is 1. The van der Waals surface area contributed by atoms with E-state index in [9.17, 15) is 4.79 Å². The predicted molar refractivity (Wildman–Crippen MR) is 90.9 cm³/mol. The fourth-order valence-electron chi connectivity index (χ4n) is 3.52. The van der Waals surface area contributed by atoms with Gasteiger partial charge in [-0.1, -0.05) is 36.6 Å². The summed E-state index contributed by atoms with van der Waals surface area (Å²) in [5, 5.41) is 3.81. The molecule has 24 heavy (non-hydrogen) atoms. The Labute approximate surface area is 146 Å². The molecular weight excluding hydrogens is 326 g/mol. The third kappa shape index (κ3) is 3.06. The van der Waals surface area contributed by atoms with E-state index in [4.69, 9.17) is 16.3 Å². The minimum Gasteiger partial charge on any atom is -0.365 e. The first-order valence-corrected chi connectivity index (χ1v) is 8.80. The first-order chi connectivity index (χ1) is 11.7. The molecule has 2 heterocycles. The number of imidazole rings is 1. The number of hydrogen-bond acceptors (Lipinski definition) is 3. The van der Waals surface area contributed by atoms with Gasteiger partial charge < -0.3 is 14.6 Å². The second kappa shape index (κ2) is 6.57. The summed E-state index contributed by atoms with van der Waals surface area (Å²) >= 11 is 5.94. The lowest BCUT2D eigenvalue weighted by atomic mass is 10.1. The lowest BCUT2D eigenvalue weighted by molar-refractivity contribution is 0.00256. The quantitative estimate of drug-likeness (QED) is 0.926. The van der Waals surface area contributed by atoms with Crippen LogP contribution in [0.4, 0.5) is 0 Å². The standard InChI is InChI=1S/C18H20ClN3O2/c19-13-7-5-12(6-8-13)16-9-22-11-20-17(15(22)10-24-16)18(23)21-14-3-1-2-4-14/h5-8,11,14,16H,1-4,9-10H2,(H,21,23)/t16-/m0/s1. The van der Waals surface area contributed by atoms with E-state index < -0.39 is 0 Å². The lowest BCUT2D eigenvalue weighted by Gasteiger charge is -2.25. The zero-order valence-corrected chi connectivity index (χ0v) is 14.1. The van der Waals surface area contributed by atoms with Gasteiger partial charge in [0, 0.05) is 11.1 Å². The molecule has 0 bridgehead atoms. The zero-order chi connectivity index (χ0) is 16.5. The van der Waals surface area contributed by atoms with Crippen LogP contribution in [0.2, 0.25) is 5.02 Å². The molecule has 5 nitrogen and oxygen atoms in total. The van der Waals surface area contributed by atoms with Gasteiger partial charge in [0.25, 0.3) is 5.91 Å².